The first-order chi connectivity index (χ1) is 11.3. The predicted molar refractivity (Wildman–Crippen MR) is 82.1 cm³/mol. The Labute approximate surface area is 140 Å². The molecule has 1 saturated heterocycles. The van der Waals surface area contributed by atoms with E-state index in [1.807, 2.05) is 6.92 Å². The Morgan fingerprint density at radius 1 is 1.29 bits per heavy atom. The summed E-state index contributed by atoms with van der Waals surface area (Å²) in [5, 5.41) is 3.42. The zero-order valence-corrected chi connectivity index (χ0v) is 14.0. The molecule has 8 heteroatoms. The molecule has 1 heterocycles. The average molecular weight is 337 g/mol. The number of imide groups is 1. The van der Waals surface area contributed by atoms with Crippen LogP contribution in [0.25, 0.3) is 0 Å². The smallest absolute Gasteiger partial charge is 0.344 e. The maximum absolute atomic E-state index is 12.6. The lowest BCUT2D eigenvalue weighted by Gasteiger charge is -2.33. The molecule has 8 nitrogen and oxygen atoms in total. The third-order valence-electron chi connectivity index (χ3n) is 5.28. The molecule has 4 amide bonds. The minimum atomic E-state index is -0.906. The van der Waals surface area contributed by atoms with Crippen LogP contribution in [0.15, 0.2) is 0 Å². The molecule has 2 aliphatic carbocycles. The minimum absolute atomic E-state index is 0.137. The number of nitrogens with one attached hydrogen (secondary N) is 2. The van der Waals surface area contributed by atoms with Crippen LogP contribution in [0.1, 0.15) is 46.0 Å². The van der Waals surface area contributed by atoms with Crippen LogP contribution in [0, 0.1) is 17.8 Å². The summed E-state index contributed by atoms with van der Waals surface area (Å²) in [5.41, 5.74) is 1.34. The average Bonchev–Trinajstić information content (AvgIpc) is 3.23. The molecule has 0 aromatic heterocycles. The number of rotatable bonds is 4. The second-order valence-corrected chi connectivity index (χ2v) is 7.30. The number of amides is 4. The standard InChI is InChI=1S/C16H23N3O5/c1-9-3-5-16(6-4-9)14(22)19(15(23)17-16)18-12(20)8-24-13(21)11-7-10(11)2/h9-11H,3-8H2,1-2H3,(H,17,23)(H,18,20)/t9?,10-,11-,16?/m0/s1. The van der Waals surface area contributed by atoms with Crippen molar-refractivity contribution in [1.82, 2.24) is 15.8 Å². The van der Waals surface area contributed by atoms with Gasteiger partial charge in [0, 0.05) is 0 Å². The van der Waals surface area contributed by atoms with Crippen LogP contribution in [0.3, 0.4) is 0 Å². The summed E-state index contributed by atoms with van der Waals surface area (Å²) in [4.78, 5) is 48.1. The van der Waals surface area contributed by atoms with E-state index in [9.17, 15) is 19.2 Å². The first kappa shape index (κ1) is 16.7. The van der Waals surface area contributed by atoms with E-state index >= 15 is 0 Å². The number of hydrazine groups is 1. The van der Waals surface area contributed by atoms with Crippen LogP contribution in [-0.4, -0.2) is 41.0 Å². The molecular formula is C16H23N3O5. The fourth-order valence-electron chi connectivity index (χ4n) is 3.37. The van der Waals surface area contributed by atoms with Gasteiger partial charge in [-0.25, -0.2) is 4.79 Å². The lowest BCUT2D eigenvalue weighted by molar-refractivity contribution is -0.152. The summed E-state index contributed by atoms with van der Waals surface area (Å²) >= 11 is 0. The maximum Gasteiger partial charge on any atom is 0.344 e. The van der Waals surface area contributed by atoms with E-state index in [0.29, 0.717) is 29.7 Å². The molecule has 3 rings (SSSR count). The van der Waals surface area contributed by atoms with E-state index in [0.717, 1.165) is 19.3 Å². The fourth-order valence-corrected chi connectivity index (χ4v) is 3.37. The number of hydrogen-bond acceptors (Lipinski definition) is 5. The van der Waals surface area contributed by atoms with Gasteiger partial charge in [0.15, 0.2) is 6.61 Å². The highest BCUT2D eigenvalue weighted by Gasteiger charge is 2.53. The Morgan fingerprint density at radius 3 is 2.50 bits per heavy atom. The summed E-state index contributed by atoms with van der Waals surface area (Å²) in [6, 6.07) is -0.634. The number of carbonyl (C=O) groups excluding carboxylic acids is 4. The summed E-state index contributed by atoms with van der Waals surface area (Å²) in [6.07, 6.45) is 3.61. The van der Waals surface area contributed by atoms with Gasteiger partial charge in [0.1, 0.15) is 5.54 Å². The molecule has 2 saturated carbocycles. The number of carbonyl (C=O) groups is 4. The molecule has 1 spiro atoms. The Morgan fingerprint density at radius 2 is 1.92 bits per heavy atom. The molecule has 24 heavy (non-hydrogen) atoms. The lowest BCUT2D eigenvalue weighted by atomic mass is 9.77. The molecule has 3 fully saturated rings. The Kier molecular flexibility index (Phi) is 4.23. The normalized spacial score (nSPS) is 34.9. The Bertz CT molecular complexity index is 582. The van der Waals surface area contributed by atoms with E-state index in [4.69, 9.17) is 4.74 Å². The van der Waals surface area contributed by atoms with Crippen LogP contribution < -0.4 is 10.7 Å². The van der Waals surface area contributed by atoms with Crippen molar-refractivity contribution in [3.63, 3.8) is 0 Å². The fraction of sp³-hybridized carbons (Fsp3) is 0.750. The van der Waals surface area contributed by atoms with Gasteiger partial charge in [0.2, 0.25) is 0 Å². The van der Waals surface area contributed by atoms with Gasteiger partial charge in [0.05, 0.1) is 5.92 Å². The summed E-state index contributed by atoms with van der Waals surface area (Å²) in [6.45, 7) is 3.55. The van der Waals surface area contributed by atoms with Crippen molar-refractivity contribution in [2.75, 3.05) is 6.61 Å². The van der Waals surface area contributed by atoms with E-state index in [1.165, 1.54) is 0 Å². The van der Waals surface area contributed by atoms with Crippen molar-refractivity contribution < 1.29 is 23.9 Å². The second-order valence-electron chi connectivity index (χ2n) is 7.30. The summed E-state index contributed by atoms with van der Waals surface area (Å²) in [7, 11) is 0. The van der Waals surface area contributed by atoms with E-state index in [2.05, 4.69) is 17.7 Å². The molecule has 0 radical (unpaired) electrons. The number of ether oxygens (including phenoxy) is 1. The van der Waals surface area contributed by atoms with Gasteiger partial charge in [-0.1, -0.05) is 13.8 Å². The van der Waals surface area contributed by atoms with Crippen molar-refractivity contribution in [2.24, 2.45) is 17.8 Å². The first-order valence-electron chi connectivity index (χ1n) is 8.45. The van der Waals surface area contributed by atoms with Crippen LogP contribution in [0.4, 0.5) is 4.79 Å². The third-order valence-corrected chi connectivity index (χ3v) is 5.28. The minimum Gasteiger partial charge on any atom is -0.455 e. The molecule has 1 aliphatic heterocycles. The van der Waals surface area contributed by atoms with E-state index < -0.39 is 36.0 Å². The number of nitrogens with zero attached hydrogens (tertiary/aromatic N) is 1. The highest BCUT2D eigenvalue weighted by molar-refractivity contribution is 6.08. The largest absolute Gasteiger partial charge is 0.455 e. The highest BCUT2D eigenvalue weighted by Crippen LogP contribution is 2.38. The van der Waals surface area contributed by atoms with Gasteiger partial charge >= 0.3 is 12.0 Å². The first-order valence-corrected chi connectivity index (χ1v) is 8.45. The molecular weight excluding hydrogens is 314 g/mol. The lowest BCUT2D eigenvalue weighted by Crippen LogP contribution is -2.52. The van der Waals surface area contributed by atoms with Crippen molar-refractivity contribution >= 4 is 23.8 Å². The van der Waals surface area contributed by atoms with Crippen molar-refractivity contribution in [2.45, 2.75) is 51.5 Å². The summed E-state index contributed by atoms with van der Waals surface area (Å²) in [5.74, 6) is -0.862. The summed E-state index contributed by atoms with van der Waals surface area (Å²) < 4.78 is 4.91. The van der Waals surface area contributed by atoms with Crippen molar-refractivity contribution in [1.29, 1.82) is 0 Å². The molecule has 2 atom stereocenters. The molecule has 132 valence electrons. The third kappa shape index (κ3) is 3.09. The molecule has 3 aliphatic rings. The van der Waals surface area contributed by atoms with Crippen molar-refractivity contribution in [3.8, 4) is 0 Å². The molecule has 0 unspecified atom stereocenters. The number of urea groups is 1. The highest BCUT2D eigenvalue weighted by atomic mass is 16.5. The van der Waals surface area contributed by atoms with E-state index in [-0.39, 0.29) is 5.92 Å². The zero-order chi connectivity index (χ0) is 17.5. The van der Waals surface area contributed by atoms with Crippen LogP contribution in [-0.2, 0) is 19.1 Å². The van der Waals surface area contributed by atoms with Crippen molar-refractivity contribution in [3.05, 3.63) is 0 Å². The quantitative estimate of drug-likeness (QED) is 0.581. The van der Waals surface area contributed by atoms with Gasteiger partial charge in [0.25, 0.3) is 11.8 Å². The Hall–Kier alpha value is -2.12. The molecule has 0 aromatic rings. The van der Waals surface area contributed by atoms with Crippen LogP contribution in [0.2, 0.25) is 0 Å². The van der Waals surface area contributed by atoms with Gasteiger partial charge < -0.3 is 10.1 Å². The monoisotopic (exact) mass is 337 g/mol. The van der Waals surface area contributed by atoms with Gasteiger partial charge in [-0.3, -0.25) is 19.8 Å². The van der Waals surface area contributed by atoms with Gasteiger partial charge in [-0.2, -0.15) is 5.01 Å². The van der Waals surface area contributed by atoms with Crippen LogP contribution in [0.5, 0.6) is 0 Å². The molecule has 0 aromatic carbocycles. The van der Waals surface area contributed by atoms with Crippen LogP contribution >= 0.6 is 0 Å². The number of hydrogen-bond donors (Lipinski definition) is 2. The SMILES string of the molecule is CC1CCC2(CC1)NC(=O)N(NC(=O)COC(=O)[C@H]1C[C@@H]1C)C2=O. The van der Waals surface area contributed by atoms with Gasteiger partial charge in [-0.05, 0) is 43.9 Å². The Balaban J connectivity index is 1.53. The second kappa shape index (κ2) is 6.07. The van der Waals surface area contributed by atoms with Gasteiger partial charge in [-0.15, -0.1) is 0 Å². The zero-order valence-electron chi connectivity index (χ0n) is 14.0. The topological polar surface area (TPSA) is 105 Å². The molecule has 0 bridgehead atoms. The molecule has 2 N–H and O–H groups in total. The number of esters is 1. The maximum atomic E-state index is 12.6. The predicted octanol–water partition coefficient (Wildman–Crippen LogP) is 0.717. The van der Waals surface area contributed by atoms with E-state index in [1.54, 1.807) is 0 Å².